The number of aromatic nitrogens is 2. The van der Waals surface area contributed by atoms with Gasteiger partial charge in [-0.3, -0.25) is 5.10 Å². The number of carboxylic acid groups (broad SMARTS) is 1. The maximum Gasteiger partial charge on any atom is 0.353 e. The number of H-pyrrole nitrogens is 1. The van der Waals surface area contributed by atoms with Crippen molar-refractivity contribution in [3.63, 3.8) is 0 Å². The molecule has 18 heavy (non-hydrogen) atoms. The van der Waals surface area contributed by atoms with Crippen LogP contribution < -0.4 is 0 Å². The van der Waals surface area contributed by atoms with Crippen molar-refractivity contribution in [3.05, 3.63) is 40.3 Å². The number of aromatic carboxylic acids is 1. The van der Waals surface area contributed by atoms with Crippen molar-refractivity contribution in [2.75, 3.05) is 0 Å². The average molecular weight is 277 g/mol. The normalized spacial score (nSPS) is 10.7. The van der Waals surface area contributed by atoms with Crippen molar-refractivity contribution in [1.82, 2.24) is 10.2 Å². The molecule has 1 aromatic carbocycles. The molecule has 2 rings (SSSR count). The van der Waals surface area contributed by atoms with Crippen LogP contribution in [-0.2, 0) is 0 Å². The van der Waals surface area contributed by atoms with E-state index in [0.717, 1.165) is 6.07 Å². The molecule has 0 atom stereocenters. The van der Waals surface area contributed by atoms with E-state index in [4.69, 9.17) is 16.7 Å². The fourth-order valence-electron chi connectivity index (χ4n) is 1.33. The molecule has 94 valence electrons. The van der Waals surface area contributed by atoms with Crippen molar-refractivity contribution < 1.29 is 23.1 Å². The average Bonchev–Trinajstić information content (AvgIpc) is 2.80. The highest BCUT2D eigenvalue weighted by atomic mass is 35.5. The van der Waals surface area contributed by atoms with Gasteiger partial charge in [0, 0.05) is 5.56 Å². The van der Waals surface area contributed by atoms with Gasteiger partial charge in [-0.25, -0.2) is 18.0 Å². The number of nitrogens with one attached hydrogen (secondary N) is 1. The van der Waals surface area contributed by atoms with Gasteiger partial charge in [0.25, 0.3) is 0 Å². The molecule has 0 amide bonds. The first-order valence-electron chi connectivity index (χ1n) is 4.54. The number of carboxylic acids is 1. The summed E-state index contributed by atoms with van der Waals surface area (Å²) in [5, 5.41) is 13.2. The van der Waals surface area contributed by atoms with Crippen LogP contribution in [0, 0.1) is 17.5 Å². The van der Waals surface area contributed by atoms with E-state index in [9.17, 15) is 18.0 Å². The Balaban J connectivity index is 2.60. The Bertz CT molecular complexity index is 642. The van der Waals surface area contributed by atoms with Crippen LogP contribution in [0.3, 0.4) is 0 Å². The van der Waals surface area contributed by atoms with Gasteiger partial charge >= 0.3 is 5.97 Å². The molecule has 2 aromatic rings. The predicted molar refractivity (Wildman–Crippen MR) is 55.9 cm³/mol. The molecule has 0 bridgehead atoms. The molecule has 1 aromatic heterocycles. The summed E-state index contributed by atoms with van der Waals surface area (Å²) >= 11 is 5.26. The van der Waals surface area contributed by atoms with Gasteiger partial charge in [0.1, 0.15) is 10.7 Å². The zero-order chi connectivity index (χ0) is 13.4. The summed E-state index contributed by atoms with van der Waals surface area (Å²) in [5.41, 5.74) is -0.932. The second-order valence-electron chi connectivity index (χ2n) is 3.32. The van der Waals surface area contributed by atoms with E-state index in [1.165, 1.54) is 0 Å². The van der Waals surface area contributed by atoms with Gasteiger partial charge in [0.2, 0.25) is 0 Å². The first-order chi connectivity index (χ1) is 8.41. The Hall–Kier alpha value is -2.02. The predicted octanol–water partition coefficient (Wildman–Crippen LogP) is 2.85. The highest BCUT2D eigenvalue weighted by molar-refractivity contribution is 6.31. The van der Waals surface area contributed by atoms with E-state index in [0.29, 0.717) is 6.07 Å². The third-order valence-electron chi connectivity index (χ3n) is 2.19. The maximum absolute atomic E-state index is 13.6. The molecule has 8 heteroatoms. The Morgan fingerprint density at radius 2 is 1.94 bits per heavy atom. The second-order valence-corrected chi connectivity index (χ2v) is 3.70. The number of carbonyl (C=O) groups is 1. The number of rotatable bonds is 2. The van der Waals surface area contributed by atoms with E-state index in [2.05, 4.69) is 10.2 Å². The topological polar surface area (TPSA) is 66.0 Å². The molecule has 0 radical (unpaired) electrons. The monoisotopic (exact) mass is 276 g/mol. The van der Waals surface area contributed by atoms with E-state index < -0.39 is 34.0 Å². The summed E-state index contributed by atoms with van der Waals surface area (Å²) in [4.78, 5) is 10.6. The first-order valence-corrected chi connectivity index (χ1v) is 4.91. The van der Waals surface area contributed by atoms with Crippen LogP contribution in [0.25, 0.3) is 11.3 Å². The zero-order valence-corrected chi connectivity index (χ0v) is 9.23. The Morgan fingerprint density at radius 1 is 1.28 bits per heavy atom. The van der Waals surface area contributed by atoms with Crippen LogP contribution in [0.15, 0.2) is 12.1 Å². The van der Waals surface area contributed by atoms with Gasteiger partial charge in [0.15, 0.2) is 17.5 Å². The van der Waals surface area contributed by atoms with Crippen LogP contribution in [0.1, 0.15) is 10.5 Å². The molecular weight excluding hydrogens is 273 g/mol. The lowest BCUT2D eigenvalue weighted by molar-refractivity contribution is 0.0690. The summed E-state index contributed by atoms with van der Waals surface area (Å²) in [6, 6.07) is 1.53. The van der Waals surface area contributed by atoms with Crippen LogP contribution in [-0.4, -0.2) is 21.3 Å². The van der Waals surface area contributed by atoms with Crippen LogP contribution in [0.5, 0.6) is 0 Å². The van der Waals surface area contributed by atoms with Gasteiger partial charge in [-0.15, -0.1) is 0 Å². The number of hydrogen-bond acceptors (Lipinski definition) is 2. The minimum Gasteiger partial charge on any atom is -0.477 e. The van der Waals surface area contributed by atoms with Crippen LogP contribution >= 0.6 is 11.6 Å². The van der Waals surface area contributed by atoms with E-state index in [-0.39, 0.29) is 11.4 Å². The third-order valence-corrected chi connectivity index (χ3v) is 2.52. The standard InChI is InChI=1S/C10H4ClF3N2O2/c11-7-8(13)3(1-4(12)9(7)14)5-2-6(10(17)18)16-15-5/h1-2H,(H,15,16)(H,17,18). The lowest BCUT2D eigenvalue weighted by Gasteiger charge is -2.03. The summed E-state index contributed by atoms with van der Waals surface area (Å²) < 4.78 is 39.6. The van der Waals surface area contributed by atoms with Gasteiger partial charge in [-0.05, 0) is 12.1 Å². The van der Waals surface area contributed by atoms with E-state index in [1.54, 1.807) is 0 Å². The molecule has 0 spiro atoms. The van der Waals surface area contributed by atoms with Crippen LogP contribution in [0.4, 0.5) is 13.2 Å². The Morgan fingerprint density at radius 3 is 2.50 bits per heavy atom. The highest BCUT2D eigenvalue weighted by Crippen LogP contribution is 2.30. The van der Waals surface area contributed by atoms with E-state index >= 15 is 0 Å². The molecule has 1 heterocycles. The molecular formula is C10H4ClF3N2O2. The Kier molecular flexibility index (Phi) is 3.00. The molecule has 0 fully saturated rings. The summed E-state index contributed by atoms with van der Waals surface area (Å²) in [6.07, 6.45) is 0. The van der Waals surface area contributed by atoms with E-state index in [1.807, 2.05) is 0 Å². The fourth-order valence-corrected chi connectivity index (χ4v) is 1.52. The van der Waals surface area contributed by atoms with Gasteiger partial charge in [-0.1, -0.05) is 11.6 Å². The second kappa shape index (κ2) is 4.34. The minimum absolute atomic E-state index is 0.189. The largest absolute Gasteiger partial charge is 0.477 e. The number of aromatic amines is 1. The number of hydrogen-bond donors (Lipinski definition) is 2. The summed E-state index contributed by atoms with van der Waals surface area (Å²) in [6.45, 7) is 0. The molecule has 0 saturated carbocycles. The number of nitrogens with zero attached hydrogens (tertiary/aromatic N) is 1. The van der Waals surface area contributed by atoms with Crippen molar-refractivity contribution in [1.29, 1.82) is 0 Å². The van der Waals surface area contributed by atoms with Gasteiger partial charge in [0.05, 0.1) is 5.69 Å². The number of halogens is 4. The third kappa shape index (κ3) is 1.92. The quantitative estimate of drug-likeness (QED) is 0.655. The summed E-state index contributed by atoms with van der Waals surface area (Å²) in [5.74, 6) is -5.38. The zero-order valence-electron chi connectivity index (χ0n) is 8.47. The van der Waals surface area contributed by atoms with Gasteiger partial charge in [-0.2, -0.15) is 5.10 Å². The van der Waals surface area contributed by atoms with Crippen molar-refractivity contribution in [3.8, 4) is 11.3 Å². The molecule has 0 unspecified atom stereocenters. The molecule has 0 aliphatic carbocycles. The van der Waals surface area contributed by atoms with Crippen molar-refractivity contribution in [2.45, 2.75) is 0 Å². The summed E-state index contributed by atoms with van der Waals surface area (Å²) in [7, 11) is 0. The lowest BCUT2D eigenvalue weighted by Crippen LogP contribution is -1.95. The SMILES string of the molecule is O=C(O)c1cc(-c2cc(F)c(F)c(Cl)c2F)n[nH]1. The highest BCUT2D eigenvalue weighted by Gasteiger charge is 2.20. The molecule has 0 aliphatic heterocycles. The van der Waals surface area contributed by atoms with Crippen molar-refractivity contribution in [2.24, 2.45) is 0 Å². The molecule has 2 N–H and O–H groups in total. The molecule has 0 saturated heterocycles. The first kappa shape index (κ1) is 12.4. The fraction of sp³-hybridized carbons (Fsp3) is 0. The van der Waals surface area contributed by atoms with Crippen molar-refractivity contribution >= 4 is 17.6 Å². The molecule has 0 aliphatic rings. The van der Waals surface area contributed by atoms with Crippen LogP contribution in [0.2, 0.25) is 5.02 Å². The Labute approximate surface area is 103 Å². The van der Waals surface area contributed by atoms with Gasteiger partial charge < -0.3 is 5.11 Å². The number of benzene rings is 1. The molecule has 4 nitrogen and oxygen atoms in total. The minimum atomic E-state index is -1.51. The lowest BCUT2D eigenvalue weighted by atomic mass is 10.1. The smallest absolute Gasteiger partial charge is 0.353 e. The maximum atomic E-state index is 13.6.